The van der Waals surface area contributed by atoms with Crippen molar-refractivity contribution >= 4 is 5.97 Å². The van der Waals surface area contributed by atoms with Crippen LogP contribution < -0.4 is 0 Å². The van der Waals surface area contributed by atoms with Crippen molar-refractivity contribution in [2.75, 3.05) is 0 Å². The van der Waals surface area contributed by atoms with E-state index in [9.17, 15) is 4.79 Å². The Morgan fingerprint density at radius 2 is 2.33 bits per heavy atom. The van der Waals surface area contributed by atoms with E-state index in [-0.39, 0.29) is 0 Å². The van der Waals surface area contributed by atoms with E-state index in [1.54, 1.807) is 6.07 Å². The van der Waals surface area contributed by atoms with Crippen LogP contribution in [0.15, 0.2) is 23.0 Å². The lowest BCUT2D eigenvalue weighted by atomic mass is 9.65. The molecule has 0 aromatic carbocycles. The summed E-state index contributed by atoms with van der Waals surface area (Å²) < 4.78 is 4.88. The van der Waals surface area contributed by atoms with E-state index in [4.69, 9.17) is 9.52 Å². The lowest BCUT2D eigenvalue weighted by molar-refractivity contribution is -0.147. The highest BCUT2D eigenvalue weighted by atomic mass is 16.4. The summed E-state index contributed by atoms with van der Waals surface area (Å²) in [5, 5.41) is 9.01. The third kappa shape index (κ3) is 0.793. The SMILES string of the molecule is O=C(O)C1(c2ccoc2)CCC1. The molecule has 3 nitrogen and oxygen atoms in total. The number of carboxylic acids is 1. The van der Waals surface area contributed by atoms with E-state index < -0.39 is 11.4 Å². The molecule has 0 spiro atoms. The van der Waals surface area contributed by atoms with Crippen LogP contribution in [0.1, 0.15) is 24.8 Å². The zero-order chi connectivity index (χ0) is 8.60. The fourth-order valence-electron chi connectivity index (χ4n) is 1.69. The van der Waals surface area contributed by atoms with E-state index in [1.807, 2.05) is 0 Å². The van der Waals surface area contributed by atoms with Crippen LogP contribution in [0.4, 0.5) is 0 Å². The van der Waals surface area contributed by atoms with Gasteiger partial charge in [-0.25, -0.2) is 0 Å². The van der Waals surface area contributed by atoms with Crippen LogP contribution in [0.25, 0.3) is 0 Å². The van der Waals surface area contributed by atoms with Crippen molar-refractivity contribution in [3.05, 3.63) is 24.2 Å². The van der Waals surface area contributed by atoms with Crippen molar-refractivity contribution in [2.24, 2.45) is 0 Å². The van der Waals surface area contributed by atoms with E-state index in [0.29, 0.717) is 0 Å². The van der Waals surface area contributed by atoms with E-state index >= 15 is 0 Å². The molecule has 0 unspecified atom stereocenters. The number of furan rings is 1. The number of carboxylic acid groups (broad SMARTS) is 1. The summed E-state index contributed by atoms with van der Waals surface area (Å²) in [6, 6.07) is 1.74. The van der Waals surface area contributed by atoms with Gasteiger partial charge in [0.05, 0.1) is 17.9 Å². The average molecular weight is 166 g/mol. The Morgan fingerprint density at radius 3 is 2.67 bits per heavy atom. The van der Waals surface area contributed by atoms with Gasteiger partial charge in [-0.05, 0) is 18.9 Å². The van der Waals surface area contributed by atoms with Gasteiger partial charge in [0, 0.05) is 5.56 Å². The van der Waals surface area contributed by atoms with Gasteiger partial charge in [-0.15, -0.1) is 0 Å². The zero-order valence-electron chi connectivity index (χ0n) is 6.62. The summed E-state index contributed by atoms with van der Waals surface area (Å²) in [4.78, 5) is 11.0. The topological polar surface area (TPSA) is 50.4 Å². The minimum atomic E-state index is -0.727. The first-order chi connectivity index (χ1) is 5.76. The molecule has 0 bridgehead atoms. The molecule has 1 aliphatic rings. The van der Waals surface area contributed by atoms with Crippen molar-refractivity contribution in [3.63, 3.8) is 0 Å². The second kappa shape index (κ2) is 2.37. The Hall–Kier alpha value is -1.25. The Kier molecular flexibility index (Phi) is 1.46. The Morgan fingerprint density at radius 1 is 1.58 bits per heavy atom. The average Bonchev–Trinajstić information content (AvgIpc) is 2.35. The normalized spacial score (nSPS) is 20.0. The van der Waals surface area contributed by atoms with Crippen LogP contribution in [-0.4, -0.2) is 11.1 Å². The third-order valence-electron chi connectivity index (χ3n) is 2.69. The van der Waals surface area contributed by atoms with Crippen LogP contribution in [0.2, 0.25) is 0 Å². The maximum atomic E-state index is 11.0. The molecule has 0 aliphatic heterocycles. The predicted octanol–water partition coefficient (Wildman–Crippen LogP) is 1.79. The summed E-state index contributed by atoms with van der Waals surface area (Å²) in [6.45, 7) is 0. The number of hydrogen-bond donors (Lipinski definition) is 1. The maximum Gasteiger partial charge on any atom is 0.314 e. The first-order valence-electron chi connectivity index (χ1n) is 4.02. The van der Waals surface area contributed by atoms with Crippen LogP contribution >= 0.6 is 0 Å². The minimum Gasteiger partial charge on any atom is -0.481 e. The summed E-state index contributed by atoms with van der Waals surface area (Å²) in [5.41, 5.74) is 0.175. The summed E-state index contributed by atoms with van der Waals surface area (Å²) in [6.07, 6.45) is 5.53. The van der Waals surface area contributed by atoms with Gasteiger partial charge in [0.25, 0.3) is 0 Å². The van der Waals surface area contributed by atoms with Crippen LogP contribution in [0, 0.1) is 0 Å². The van der Waals surface area contributed by atoms with Crippen molar-refractivity contribution < 1.29 is 14.3 Å². The standard InChI is InChI=1S/C9H10O3/c10-8(11)9(3-1-4-9)7-2-5-12-6-7/h2,5-6H,1,3-4H2,(H,10,11). The zero-order valence-corrected chi connectivity index (χ0v) is 6.62. The van der Waals surface area contributed by atoms with Gasteiger partial charge in [-0.3, -0.25) is 4.79 Å². The Balaban J connectivity index is 2.35. The number of aliphatic carboxylic acids is 1. The van der Waals surface area contributed by atoms with Crippen molar-refractivity contribution in [3.8, 4) is 0 Å². The van der Waals surface area contributed by atoms with Crippen LogP contribution in [0.5, 0.6) is 0 Å². The molecule has 1 fully saturated rings. The molecule has 0 saturated heterocycles. The highest BCUT2D eigenvalue weighted by Crippen LogP contribution is 2.43. The predicted molar refractivity (Wildman–Crippen MR) is 41.9 cm³/mol. The molecule has 12 heavy (non-hydrogen) atoms. The van der Waals surface area contributed by atoms with E-state index in [1.165, 1.54) is 12.5 Å². The fourth-order valence-corrected chi connectivity index (χ4v) is 1.69. The van der Waals surface area contributed by atoms with Gasteiger partial charge >= 0.3 is 5.97 Å². The van der Waals surface area contributed by atoms with Crippen LogP contribution in [-0.2, 0) is 10.2 Å². The smallest absolute Gasteiger partial charge is 0.314 e. The van der Waals surface area contributed by atoms with Crippen molar-refractivity contribution in [1.82, 2.24) is 0 Å². The molecule has 1 aromatic heterocycles. The molecule has 0 amide bonds. The molecule has 1 aliphatic carbocycles. The Labute approximate surface area is 70.0 Å². The van der Waals surface area contributed by atoms with Gasteiger partial charge < -0.3 is 9.52 Å². The molecule has 1 aromatic rings. The van der Waals surface area contributed by atoms with Gasteiger partial charge in [0.15, 0.2) is 0 Å². The summed E-state index contributed by atoms with van der Waals surface area (Å²) in [5.74, 6) is -0.727. The first kappa shape index (κ1) is 7.40. The van der Waals surface area contributed by atoms with Gasteiger partial charge in [-0.1, -0.05) is 6.42 Å². The third-order valence-corrected chi connectivity index (χ3v) is 2.69. The number of rotatable bonds is 2. The molecule has 2 rings (SSSR count). The first-order valence-corrected chi connectivity index (χ1v) is 4.02. The molecule has 1 N–H and O–H groups in total. The van der Waals surface area contributed by atoms with E-state index in [2.05, 4.69) is 0 Å². The van der Waals surface area contributed by atoms with Gasteiger partial charge in [0.1, 0.15) is 0 Å². The molecule has 1 saturated carbocycles. The highest BCUT2D eigenvalue weighted by Gasteiger charge is 2.46. The molecule has 1 heterocycles. The molecular weight excluding hydrogens is 156 g/mol. The van der Waals surface area contributed by atoms with E-state index in [0.717, 1.165) is 24.8 Å². The lowest BCUT2D eigenvalue weighted by Crippen LogP contribution is -2.41. The van der Waals surface area contributed by atoms with Crippen LogP contribution in [0.3, 0.4) is 0 Å². The second-order valence-corrected chi connectivity index (χ2v) is 3.25. The largest absolute Gasteiger partial charge is 0.481 e. The second-order valence-electron chi connectivity index (χ2n) is 3.25. The van der Waals surface area contributed by atoms with Crippen molar-refractivity contribution in [2.45, 2.75) is 24.7 Å². The molecule has 3 heteroatoms. The highest BCUT2D eigenvalue weighted by molar-refractivity contribution is 5.82. The number of carbonyl (C=O) groups is 1. The van der Waals surface area contributed by atoms with Gasteiger partial charge in [-0.2, -0.15) is 0 Å². The maximum absolute atomic E-state index is 11.0. The van der Waals surface area contributed by atoms with Crippen molar-refractivity contribution in [1.29, 1.82) is 0 Å². The summed E-state index contributed by atoms with van der Waals surface area (Å²) >= 11 is 0. The Bertz CT molecular complexity index is 283. The molecule has 64 valence electrons. The molecule has 0 atom stereocenters. The molecular formula is C9H10O3. The minimum absolute atomic E-state index is 0.632. The van der Waals surface area contributed by atoms with Gasteiger partial charge in [0.2, 0.25) is 0 Å². The number of hydrogen-bond acceptors (Lipinski definition) is 2. The molecule has 0 radical (unpaired) electrons. The lowest BCUT2D eigenvalue weighted by Gasteiger charge is -2.36. The fraction of sp³-hybridized carbons (Fsp3) is 0.444. The summed E-state index contributed by atoms with van der Waals surface area (Å²) in [7, 11) is 0. The monoisotopic (exact) mass is 166 g/mol. The quantitative estimate of drug-likeness (QED) is 0.728.